The van der Waals surface area contributed by atoms with Crippen LogP contribution in [0.2, 0.25) is 0 Å². The Balaban J connectivity index is 6.10. The van der Waals surface area contributed by atoms with E-state index >= 15 is 0 Å². The highest BCUT2D eigenvalue weighted by atomic mass is 16.4. The van der Waals surface area contributed by atoms with Crippen LogP contribution in [0.25, 0.3) is 0 Å². The van der Waals surface area contributed by atoms with Gasteiger partial charge in [-0.3, -0.25) is 4.48 Å². The largest absolute Gasteiger partial charge is 0.477 e. The molecular weight excluding hydrogens is 422 g/mol. The third kappa shape index (κ3) is 9.86. The van der Waals surface area contributed by atoms with Crippen molar-refractivity contribution >= 4 is 17.9 Å². The molecule has 0 saturated carbocycles. The number of carboxylic acids is 3. The summed E-state index contributed by atoms with van der Waals surface area (Å²) in [5.41, 5.74) is 0. The number of carbonyl (C=O) groups is 3. The third-order valence-corrected chi connectivity index (χ3v) is 6.59. The fourth-order valence-corrected chi connectivity index (χ4v) is 5.06. The van der Waals surface area contributed by atoms with E-state index in [0.29, 0.717) is 32.1 Å². The summed E-state index contributed by atoms with van der Waals surface area (Å²) in [5, 5.41) is 30.5. The molecule has 0 aromatic carbocycles. The van der Waals surface area contributed by atoms with Gasteiger partial charge in [0.1, 0.15) is 0 Å². The predicted octanol–water partition coefficient (Wildman–Crippen LogP) is 5.87. The molecule has 33 heavy (non-hydrogen) atoms. The minimum atomic E-state index is -1.10. The summed E-state index contributed by atoms with van der Waals surface area (Å²) in [4.78, 5) is 37.3. The molecule has 0 aliphatic heterocycles. The van der Waals surface area contributed by atoms with Crippen molar-refractivity contribution in [1.82, 2.24) is 0 Å². The Morgan fingerprint density at radius 1 is 0.606 bits per heavy atom. The first-order chi connectivity index (χ1) is 15.7. The van der Waals surface area contributed by atoms with Gasteiger partial charge >= 0.3 is 17.9 Å². The van der Waals surface area contributed by atoms with Crippen LogP contribution in [0.5, 0.6) is 0 Å². The first-order valence-electron chi connectivity index (χ1n) is 12.9. The van der Waals surface area contributed by atoms with E-state index in [1.165, 1.54) is 19.3 Å². The molecule has 7 heteroatoms. The second-order valence-electron chi connectivity index (χ2n) is 9.11. The van der Waals surface area contributed by atoms with Crippen molar-refractivity contribution in [2.45, 2.75) is 129 Å². The van der Waals surface area contributed by atoms with Crippen molar-refractivity contribution in [2.24, 2.45) is 0 Å². The topological polar surface area (TPSA) is 112 Å². The Hall–Kier alpha value is -1.89. The van der Waals surface area contributed by atoms with Crippen LogP contribution in [0.4, 0.5) is 0 Å². The quantitative estimate of drug-likeness (QED) is 0.110. The molecule has 0 spiro atoms. The van der Waals surface area contributed by atoms with Crippen LogP contribution in [0.1, 0.15) is 111 Å². The van der Waals surface area contributed by atoms with Crippen LogP contribution in [-0.4, -0.2) is 62.4 Å². The average molecular weight is 471 g/mol. The number of carboxylic acid groups (broad SMARTS) is 3. The highest BCUT2D eigenvalue weighted by Crippen LogP contribution is 2.34. The van der Waals surface area contributed by atoms with E-state index in [-0.39, 0.29) is 25.8 Å². The van der Waals surface area contributed by atoms with E-state index in [4.69, 9.17) is 0 Å². The van der Waals surface area contributed by atoms with Crippen LogP contribution in [0.3, 0.4) is 0 Å². The van der Waals surface area contributed by atoms with E-state index in [1.807, 2.05) is 20.8 Å². The van der Waals surface area contributed by atoms with Crippen molar-refractivity contribution in [3.63, 3.8) is 0 Å². The molecule has 0 aromatic rings. The summed E-state index contributed by atoms with van der Waals surface area (Å²) in [6, 6.07) is -3.19. The Labute approximate surface area is 200 Å². The second kappa shape index (κ2) is 17.6. The molecule has 7 nitrogen and oxygen atoms in total. The molecule has 0 radical (unpaired) electrons. The minimum absolute atomic E-state index is 0.227. The molecule has 0 rings (SSSR count). The molecule has 0 bridgehead atoms. The van der Waals surface area contributed by atoms with Gasteiger partial charge in [0.15, 0.2) is 18.1 Å². The van der Waals surface area contributed by atoms with Crippen LogP contribution < -0.4 is 0 Å². The van der Waals surface area contributed by atoms with Gasteiger partial charge in [0.05, 0.1) is 6.54 Å². The molecule has 0 aliphatic carbocycles. The fraction of sp³-hybridized carbons (Fsp3) is 0.808. The number of hydrogen-bond donors (Lipinski definition) is 3. The first kappa shape index (κ1) is 31.1. The number of nitrogens with zero attached hydrogens (tertiary/aromatic N) is 1. The molecule has 3 unspecified atom stereocenters. The molecule has 3 N–H and O–H groups in total. The Morgan fingerprint density at radius 2 is 1.00 bits per heavy atom. The van der Waals surface area contributed by atoms with Crippen molar-refractivity contribution in [3.05, 3.63) is 12.2 Å². The van der Waals surface area contributed by atoms with Gasteiger partial charge in [-0.15, -0.1) is 0 Å². The van der Waals surface area contributed by atoms with Gasteiger partial charge in [-0.2, -0.15) is 0 Å². The van der Waals surface area contributed by atoms with Crippen LogP contribution in [-0.2, 0) is 14.4 Å². The van der Waals surface area contributed by atoms with E-state index < -0.39 is 40.5 Å². The Bertz CT molecular complexity index is 544. The smallest absolute Gasteiger partial charge is 0.362 e. The molecule has 0 aliphatic rings. The van der Waals surface area contributed by atoms with Crippen LogP contribution in [0, 0.1) is 0 Å². The lowest BCUT2D eigenvalue weighted by Gasteiger charge is -2.50. The summed E-state index contributed by atoms with van der Waals surface area (Å²) < 4.78 is -0.403. The van der Waals surface area contributed by atoms with Crippen molar-refractivity contribution in [2.75, 3.05) is 6.54 Å². The molecule has 0 aromatic heterocycles. The second-order valence-corrected chi connectivity index (χ2v) is 9.11. The first-order valence-corrected chi connectivity index (χ1v) is 12.9. The van der Waals surface area contributed by atoms with Crippen molar-refractivity contribution in [3.8, 4) is 0 Å². The van der Waals surface area contributed by atoms with E-state index in [1.54, 1.807) is 0 Å². The maximum absolute atomic E-state index is 12.4. The normalized spacial score (nSPS) is 16.2. The maximum atomic E-state index is 12.4. The summed E-state index contributed by atoms with van der Waals surface area (Å²) >= 11 is 0. The van der Waals surface area contributed by atoms with Gasteiger partial charge in [0.25, 0.3) is 0 Å². The third-order valence-electron chi connectivity index (χ3n) is 6.59. The summed E-state index contributed by atoms with van der Waals surface area (Å²) in [6.07, 6.45) is 13.6. The van der Waals surface area contributed by atoms with Crippen LogP contribution >= 0.6 is 0 Å². The maximum Gasteiger partial charge on any atom is 0.362 e. The fourth-order valence-electron chi connectivity index (χ4n) is 5.06. The number of hydrogen-bond acceptors (Lipinski definition) is 3. The molecular formula is C26H48NO6+. The zero-order chi connectivity index (χ0) is 25.3. The van der Waals surface area contributed by atoms with Crippen molar-refractivity contribution < 1.29 is 34.2 Å². The molecule has 0 heterocycles. The SMILES string of the molecule is CCCCCC/C=C/CCC[N+](C(CCC)C(=O)O)(C(CCC)C(=O)O)C(CCC)C(=O)O. The van der Waals surface area contributed by atoms with Gasteiger partial charge in [0.2, 0.25) is 0 Å². The van der Waals surface area contributed by atoms with Gasteiger partial charge in [0, 0.05) is 25.7 Å². The monoisotopic (exact) mass is 470 g/mol. The number of unbranched alkanes of at least 4 members (excludes halogenated alkanes) is 5. The van der Waals surface area contributed by atoms with Gasteiger partial charge in [-0.1, -0.05) is 59.1 Å². The number of rotatable bonds is 21. The predicted molar refractivity (Wildman–Crippen MR) is 131 cm³/mol. The van der Waals surface area contributed by atoms with Crippen molar-refractivity contribution in [1.29, 1.82) is 0 Å². The van der Waals surface area contributed by atoms with E-state index in [0.717, 1.165) is 12.8 Å². The summed E-state index contributed by atoms with van der Waals surface area (Å²) in [6.45, 7) is 7.98. The summed E-state index contributed by atoms with van der Waals surface area (Å²) in [7, 11) is 0. The molecule has 0 fully saturated rings. The highest BCUT2D eigenvalue weighted by molar-refractivity contribution is 5.78. The Kier molecular flexibility index (Phi) is 16.6. The van der Waals surface area contributed by atoms with Gasteiger partial charge < -0.3 is 15.3 Å². The number of allylic oxidation sites excluding steroid dienone is 2. The minimum Gasteiger partial charge on any atom is -0.477 e. The molecule has 192 valence electrons. The lowest BCUT2D eigenvalue weighted by molar-refractivity contribution is -0.973. The molecule has 3 atom stereocenters. The van der Waals surface area contributed by atoms with Crippen LogP contribution in [0.15, 0.2) is 12.2 Å². The number of aliphatic carboxylic acids is 3. The lowest BCUT2D eigenvalue weighted by Crippen LogP contribution is -2.72. The molecule has 0 saturated heterocycles. The Morgan fingerprint density at radius 3 is 1.33 bits per heavy atom. The zero-order valence-corrected chi connectivity index (χ0v) is 21.3. The van der Waals surface area contributed by atoms with Gasteiger partial charge in [-0.05, 0) is 38.5 Å². The average Bonchev–Trinajstić information content (AvgIpc) is 2.76. The van der Waals surface area contributed by atoms with Gasteiger partial charge in [-0.25, -0.2) is 14.4 Å². The van der Waals surface area contributed by atoms with E-state index in [2.05, 4.69) is 19.1 Å². The van der Waals surface area contributed by atoms with E-state index in [9.17, 15) is 29.7 Å². The zero-order valence-electron chi connectivity index (χ0n) is 21.3. The molecule has 0 amide bonds. The highest BCUT2D eigenvalue weighted by Gasteiger charge is 2.56. The number of quaternary nitrogens is 1. The summed E-state index contributed by atoms with van der Waals surface area (Å²) in [5.74, 6) is -3.31. The lowest BCUT2D eigenvalue weighted by atomic mass is 9.91. The standard InChI is InChI=1S/C26H47NO6/c1-5-9-10-11-12-13-14-15-16-20-27(21(17-6-2)24(28)29,22(18-7-3)25(30)31)23(19-8-4)26(32)33/h13-14,21-23H,5-12,15-20H2,1-4H3,(H2-,28,29,30,31,32,33)/p+1/b14-13+.